The first kappa shape index (κ1) is 15.5. The Labute approximate surface area is 124 Å². The molecule has 0 heterocycles. The third-order valence-corrected chi connectivity index (χ3v) is 4.66. The van der Waals surface area contributed by atoms with Crippen molar-refractivity contribution in [1.82, 2.24) is 10.0 Å². The normalized spacial score (nSPS) is 14.4. The largest absolute Gasteiger partial charge is 0.355 e. The van der Waals surface area contributed by atoms with Crippen molar-refractivity contribution in [2.24, 2.45) is 5.92 Å². The number of sulfonamides is 1. The molecule has 0 aromatic heterocycles. The first-order valence-corrected chi connectivity index (χ1v) is 8.24. The van der Waals surface area contributed by atoms with Gasteiger partial charge in [-0.15, -0.1) is 0 Å². The van der Waals surface area contributed by atoms with Gasteiger partial charge in [0.2, 0.25) is 15.9 Å². The van der Waals surface area contributed by atoms with E-state index in [0.29, 0.717) is 0 Å². The lowest BCUT2D eigenvalue weighted by Gasteiger charge is -2.08. The number of amides is 1. The number of carbonyl (C=O) groups excluding carboxylic acids is 1. The molecular formula is C14H17N3O3S. The smallest absolute Gasteiger partial charge is 0.240 e. The van der Waals surface area contributed by atoms with Gasteiger partial charge in [0.15, 0.2) is 0 Å². The van der Waals surface area contributed by atoms with Gasteiger partial charge in [0.25, 0.3) is 0 Å². The Hall–Kier alpha value is -1.91. The van der Waals surface area contributed by atoms with Gasteiger partial charge in [0.05, 0.1) is 17.4 Å². The zero-order valence-corrected chi connectivity index (χ0v) is 12.3. The van der Waals surface area contributed by atoms with Crippen molar-refractivity contribution < 1.29 is 13.2 Å². The SMILES string of the molecule is N#CCc1ccc(S(=O)(=O)NCCNC(=O)C2CC2)cc1. The third-order valence-electron chi connectivity index (χ3n) is 3.18. The molecule has 0 radical (unpaired) electrons. The van der Waals surface area contributed by atoms with E-state index >= 15 is 0 Å². The number of carbonyl (C=O) groups is 1. The fourth-order valence-electron chi connectivity index (χ4n) is 1.82. The molecule has 1 aliphatic carbocycles. The predicted octanol–water partition coefficient (Wildman–Crippen LogP) is 0.557. The number of nitrogens with one attached hydrogen (secondary N) is 2. The molecule has 0 unspecified atom stereocenters. The van der Waals surface area contributed by atoms with Gasteiger partial charge >= 0.3 is 0 Å². The highest BCUT2D eigenvalue weighted by molar-refractivity contribution is 7.89. The predicted molar refractivity (Wildman–Crippen MR) is 76.7 cm³/mol. The summed E-state index contributed by atoms with van der Waals surface area (Å²) in [5.74, 6) is 0.115. The van der Waals surface area contributed by atoms with Crippen LogP contribution in [-0.4, -0.2) is 27.4 Å². The van der Waals surface area contributed by atoms with Crippen LogP contribution in [0.15, 0.2) is 29.2 Å². The molecule has 0 bridgehead atoms. The molecule has 0 aliphatic heterocycles. The number of rotatable bonds is 7. The van der Waals surface area contributed by atoms with Crippen molar-refractivity contribution in [3.05, 3.63) is 29.8 Å². The average Bonchev–Trinajstić information content (AvgIpc) is 3.29. The molecule has 1 fully saturated rings. The van der Waals surface area contributed by atoms with Gasteiger partial charge in [-0.3, -0.25) is 4.79 Å². The van der Waals surface area contributed by atoms with E-state index in [2.05, 4.69) is 10.0 Å². The van der Waals surface area contributed by atoms with Crippen LogP contribution < -0.4 is 10.0 Å². The van der Waals surface area contributed by atoms with Crippen LogP contribution in [-0.2, 0) is 21.2 Å². The average molecular weight is 307 g/mol. The molecule has 1 aromatic rings. The van der Waals surface area contributed by atoms with E-state index in [1.807, 2.05) is 6.07 Å². The summed E-state index contributed by atoms with van der Waals surface area (Å²) in [5.41, 5.74) is 0.771. The molecular weight excluding hydrogens is 290 g/mol. The van der Waals surface area contributed by atoms with Crippen LogP contribution in [0.1, 0.15) is 18.4 Å². The minimum atomic E-state index is -3.58. The van der Waals surface area contributed by atoms with Crippen LogP contribution in [0.2, 0.25) is 0 Å². The standard InChI is InChI=1S/C14H17N3O3S/c15-8-7-11-1-5-13(6-2-11)21(19,20)17-10-9-16-14(18)12-3-4-12/h1-2,5-6,12,17H,3-4,7,9-10H2,(H,16,18). The van der Waals surface area contributed by atoms with Crippen molar-refractivity contribution in [3.63, 3.8) is 0 Å². The second-order valence-corrected chi connectivity index (χ2v) is 6.71. The Bertz CT molecular complexity index is 643. The summed E-state index contributed by atoms with van der Waals surface area (Å²) in [7, 11) is -3.58. The summed E-state index contributed by atoms with van der Waals surface area (Å²) in [4.78, 5) is 11.5. The molecule has 0 spiro atoms. The van der Waals surface area contributed by atoms with Crippen molar-refractivity contribution in [1.29, 1.82) is 5.26 Å². The lowest BCUT2D eigenvalue weighted by atomic mass is 10.2. The van der Waals surface area contributed by atoms with Crippen LogP contribution >= 0.6 is 0 Å². The Morgan fingerprint density at radius 2 is 1.90 bits per heavy atom. The van der Waals surface area contributed by atoms with Gasteiger partial charge in [0, 0.05) is 19.0 Å². The van der Waals surface area contributed by atoms with Crippen LogP contribution in [0, 0.1) is 17.2 Å². The Balaban J connectivity index is 1.83. The summed E-state index contributed by atoms with van der Waals surface area (Å²) in [6.07, 6.45) is 2.10. The lowest BCUT2D eigenvalue weighted by Crippen LogP contribution is -2.35. The van der Waals surface area contributed by atoms with Gasteiger partial charge in [-0.1, -0.05) is 12.1 Å². The van der Waals surface area contributed by atoms with Crippen LogP contribution in [0.3, 0.4) is 0 Å². The minimum Gasteiger partial charge on any atom is -0.355 e. The maximum Gasteiger partial charge on any atom is 0.240 e. The third kappa shape index (κ3) is 4.55. The molecule has 7 heteroatoms. The summed E-state index contributed by atoms with van der Waals surface area (Å²) < 4.78 is 26.4. The molecule has 0 saturated heterocycles. The number of nitrogens with zero attached hydrogens (tertiary/aromatic N) is 1. The summed E-state index contributed by atoms with van der Waals surface area (Å²) in [5, 5.41) is 11.3. The van der Waals surface area contributed by atoms with E-state index in [1.165, 1.54) is 12.1 Å². The molecule has 1 amide bonds. The second kappa shape index (κ2) is 6.70. The summed E-state index contributed by atoms with van der Waals surface area (Å²) in [6, 6.07) is 8.18. The van der Waals surface area contributed by atoms with E-state index in [-0.39, 0.29) is 36.2 Å². The Kier molecular flexibility index (Phi) is 4.94. The summed E-state index contributed by atoms with van der Waals surface area (Å²) >= 11 is 0. The van der Waals surface area contributed by atoms with Crippen molar-refractivity contribution >= 4 is 15.9 Å². The zero-order valence-electron chi connectivity index (χ0n) is 11.5. The first-order chi connectivity index (χ1) is 10.0. The van der Waals surface area contributed by atoms with Crippen LogP contribution in [0.5, 0.6) is 0 Å². The van der Waals surface area contributed by atoms with E-state index in [9.17, 15) is 13.2 Å². The van der Waals surface area contributed by atoms with Gasteiger partial charge in [-0.2, -0.15) is 5.26 Å². The van der Waals surface area contributed by atoms with E-state index in [4.69, 9.17) is 5.26 Å². The lowest BCUT2D eigenvalue weighted by molar-refractivity contribution is -0.122. The number of nitriles is 1. The number of benzene rings is 1. The Morgan fingerprint density at radius 1 is 1.24 bits per heavy atom. The number of hydrogen-bond donors (Lipinski definition) is 2. The van der Waals surface area contributed by atoms with Gasteiger partial charge < -0.3 is 5.32 Å². The molecule has 1 saturated carbocycles. The zero-order chi connectivity index (χ0) is 15.3. The Morgan fingerprint density at radius 3 is 2.48 bits per heavy atom. The minimum absolute atomic E-state index is 0.00458. The summed E-state index contributed by atoms with van der Waals surface area (Å²) in [6.45, 7) is 0.432. The van der Waals surface area contributed by atoms with Gasteiger partial charge in [0.1, 0.15) is 0 Å². The van der Waals surface area contributed by atoms with Crippen molar-refractivity contribution in [2.45, 2.75) is 24.2 Å². The highest BCUT2D eigenvalue weighted by atomic mass is 32.2. The fraction of sp³-hybridized carbons (Fsp3) is 0.429. The fourth-order valence-corrected chi connectivity index (χ4v) is 2.85. The second-order valence-electron chi connectivity index (χ2n) is 4.94. The quantitative estimate of drug-likeness (QED) is 0.719. The molecule has 112 valence electrons. The highest BCUT2D eigenvalue weighted by Gasteiger charge is 2.29. The maximum atomic E-state index is 12.0. The molecule has 21 heavy (non-hydrogen) atoms. The monoisotopic (exact) mass is 307 g/mol. The van der Waals surface area contributed by atoms with E-state index < -0.39 is 10.0 Å². The topological polar surface area (TPSA) is 99.1 Å². The number of hydrogen-bond acceptors (Lipinski definition) is 4. The van der Waals surface area contributed by atoms with Crippen molar-refractivity contribution in [3.8, 4) is 6.07 Å². The molecule has 1 aromatic carbocycles. The molecule has 6 nitrogen and oxygen atoms in total. The van der Waals surface area contributed by atoms with Gasteiger partial charge in [-0.05, 0) is 30.5 Å². The van der Waals surface area contributed by atoms with Gasteiger partial charge in [-0.25, -0.2) is 13.1 Å². The maximum absolute atomic E-state index is 12.0. The van der Waals surface area contributed by atoms with E-state index in [1.54, 1.807) is 12.1 Å². The molecule has 2 N–H and O–H groups in total. The van der Waals surface area contributed by atoms with Crippen LogP contribution in [0.4, 0.5) is 0 Å². The first-order valence-electron chi connectivity index (χ1n) is 6.76. The van der Waals surface area contributed by atoms with Crippen molar-refractivity contribution in [2.75, 3.05) is 13.1 Å². The molecule has 1 aliphatic rings. The van der Waals surface area contributed by atoms with Crippen LogP contribution in [0.25, 0.3) is 0 Å². The molecule has 2 rings (SSSR count). The van der Waals surface area contributed by atoms with E-state index in [0.717, 1.165) is 18.4 Å². The highest BCUT2D eigenvalue weighted by Crippen LogP contribution is 2.28. The molecule has 0 atom stereocenters.